The largest absolute Gasteiger partial charge is 1.00 e. The Labute approximate surface area is 81.4 Å². The van der Waals surface area contributed by atoms with E-state index >= 15 is 0 Å². The van der Waals surface area contributed by atoms with Gasteiger partial charge in [-0.15, -0.1) is 0 Å². The van der Waals surface area contributed by atoms with Gasteiger partial charge in [-0.2, -0.15) is 0 Å². The number of rotatable bonds is 1. The average Bonchev–Trinajstić information content (AvgIpc) is 1.90. The van der Waals surface area contributed by atoms with Gasteiger partial charge in [0.05, 0.1) is 12.6 Å². The molecule has 1 rings (SSSR count). The van der Waals surface area contributed by atoms with Gasteiger partial charge in [-0.25, -0.2) is 0 Å². The van der Waals surface area contributed by atoms with E-state index in [0.717, 1.165) is 0 Å². The summed E-state index contributed by atoms with van der Waals surface area (Å²) in [5.74, 6) is -1.13. The molecule has 1 unspecified atom stereocenters. The van der Waals surface area contributed by atoms with E-state index in [-0.39, 0.29) is 29.6 Å². The SMILES string of the molecule is O=C([O-])C1CC=CCO1.[Na+]. The molecule has 0 saturated heterocycles. The van der Waals surface area contributed by atoms with E-state index in [0.29, 0.717) is 13.0 Å². The van der Waals surface area contributed by atoms with Crippen LogP contribution >= 0.6 is 0 Å². The molecule has 10 heavy (non-hydrogen) atoms. The van der Waals surface area contributed by atoms with Crippen molar-refractivity contribution in [1.29, 1.82) is 0 Å². The second kappa shape index (κ2) is 4.91. The molecule has 4 heteroatoms. The van der Waals surface area contributed by atoms with Crippen LogP contribution < -0.4 is 34.7 Å². The maximum Gasteiger partial charge on any atom is 1.00 e. The zero-order valence-corrected chi connectivity index (χ0v) is 7.87. The molecule has 1 aliphatic heterocycles. The summed E-state index contributed by atoms with van der Waals surface area (Å²) >= 11 is 0. The van der Waals surface area contributed by atoms with Crippen molar-refractivity contribution in [1.82, 2.24) is 0 Å². The number of aliphatic carboxylic acids is 1. The minimum Gasteiger partial charge on any atom is -0.547 e. The molecule has 0 amide bonds. The van der Waals surface area contributed by atoms with E-state index in [2.05, 4.69) is 0 Å². The van der Waals surface area contributed by atoms with Gasteiger partial charge in [-0.05, 0) is 6.42 Å². The Balaban J connectivity index is 0.000000810. The Hall–Kier alpha value is 0.170. The van der Waals surface area contributed by atoms with E-state index in [1.807, 2.05) is 0 Å². The third kappa shape index (κ3) is 2.84. The molecular weight excluding hydrogens is 143 g/mol. The van der Waals surface area contributed by atoms with Gasteiger partial charge in [0, 0.05) is 0 Å². The van der Waals surface area contributed by atoms with Gasteiger partial charge < -0.3 is 14.6 Å². The van der Waals surface area contributed by atoms with Gasteiger partial charge in [-0.3, -0.25) is 0 Å². The maximum absolute atomic E-state index is 10.1. The van der Waals surface area contributed by atoms with Crippen LogP contribution in [-0.4, -0.2) is 18.7 Å². The fraction of sp³-hybridized carbons (Fsp3) is 0.500. The molecule has 0 bridgehead atoms. The molecule has 0 aliphatic carbocycles. The molecule has 50 valence electrons. The first kappa shape index (κ1) is 10.2. The quantitative estimate of drug-likeness (QED) is 0.283. The Morgan fingerprint density at radius 3 is 2.60 bits per heavy atom. The number of hydrogen-bond donors (Lipinski definition) is 0. The van der Waals surface area contributed by atoms with E-state index in [4.69, 9.17) is 4.74 Å². The Morgan fingerprint density at radius 1 is 1.60 bits per heavy atom. The Morgan fingerprint density at radius 2 is 2.30 bits per heavy atom. The Bertz CT molecular complexity index is 144. The van der Waals surface area contributed by atoms with Crippen molar-refractivity contribution in [2.45, 2.75) is 12.5 Å². The van der Waals surface area contributed by atoms with Crippen LogP contribution in [0.5, 0.6) is 0 Å². The predicted octanol–water partition coefficient (Wildman–Crippen LogP) is -3.91. The molecule has 0 radical (unpaired) electrons. The first-order chi connectivity index (χ1) is 4.30. The summed E-state index contributed by atoms with van der Waals surface area (Å²) in [6.45, 7) is 0.388. The Kier molecular flexibility index (Phi) is 4.99. The van der Waals surface area contributed by atoms with Crippen LogP contribution in [0.15, 0.2) is 12.2 Å². The fourth-order valence-corrected chi connectivity index (χ4v) is 0.692. The van der Waals surface area contributed by atoms with Crippen LogP contribution in [0.2, 0.25) is 0 Å². The van der Waals surface area contributed by atoms with E-state index in [9.17, 15) is 9.90 Å². The summed E-state index contributed by atoms with van der Waals surface area (Å²) in [5.41, 5.74) is 0. The smallest absolute Gasteiger partial charge is 0.547 e. The van der Waals surface area contributed by atoms with Crippen molar-refractivity contribution in [3.8, 4) is 0 Å². The standard InChI is InChI=1S/C6H8O3.Na/c7-6(8)5-3-1-2-4-9-5;/h1-2,5H,3-4H2,(H,7,8);/q;+1/p-1. The van der Waals surface area contributed by atoms with Gasteiger partial charge >= 0.3 is 29.6 Å². The number of carbonyl (C=O) groups excluding carboxylic acids is 1. The molecule has 0 aromatic heterocycles. The van der Waals surface area contributed by atoms with Crippen LogP contribution in [0.25, 0.3) is 0 Å². The molecule has 0 aromatic rings. The number of hydrogen-bond acceptors (Lipinski definition) is 3. The number of carbonyl (C=O) groups is 1. The molecule has 3 nitrogen and oxygen atoms in total. The second-order valence-corrected chi connectivity index (χ2v) is 1.85. The van der Waals surface area contributed by atoms with Crippen LogP contribution in [0.3, 0.4) is 0 Å². The number of carboxylic acid groups (broad SMARTS) is 1. The second-order valence-electron chi connectivity index (χ2n) is 1.85. The normalized spacial score (nSPS) is 23.4. The van der Waals surface area contributed by atoms with Crippen molar-refractivity contribution in [2.24, 2.45) is 0 Å². The van der Waals surface area contributed by atoms with Gasteiger partial charge in [0.2, 0.25) is 0 Å². The van der Waals surface area contributed by atoms with Crippen molar-refractivity contribution in [3.63, 3.8) is 0 Å². The summed E-state index contributed by atoms with van der Waals surface area (Å²) in [7, 11) is 0. The third-order valence-electron chi connectivity index (χ3n) is 1.17. The third-order valence-corrected chi connectivity index (χ3v) is 1.17. The van der Waals surface area contributed by atoms with Crippen molar-refractivity contribution < 1.29 is 44.2 Å². The first-order valence-electron chi connectivity index (χ1n) is 2.78. The van der Waals surface area contributed by atoms with E-state index < -0.39 is 12.1 Å². The predicted molar refractivity (Wildman–Crippen MR) is 28.5 cm³/mol. The molecule has 0 spiro atoms. The van der Waals surface area contributed by atoms with Gasteiger partial charge in [-0.1, -0.05) is 12.2 Å². The molecule has 1 atom stereocenters. The average molecular weight is 150 g/mol. The summed E-state index contributed by atoms with van der Waals surface area (Å²) in [6, 6.07) is 0. The molecule has 0 N–H and O–H groups in total. The monoisotopic (exact) mass is 150 g/mol. The van der Waals surface area contributed by atoms with E-state index in [1.54, 1.807) is 12.2 Å². The van der Waals surface area contributed by atoms with Crippen molar-refractivity contribution in [2.75, 3.05) is 6.61 Å². The first-order valence-corrected chi connectivity index (χ1v) is 2.78. The molecule has 0 aromatic carbocycles. The van der Waals surface area contributed by atoms with Crippen molar-refractivity contribution >= 4 is 5.97 Å². The molecular formula is C6H7NaO3. The number of carboxylic acids is 1. The maximum atomic E-state index is 10.1. The topological polar surface area (TPSA) is 49.4 Å². The van der Waals surface area contributed by atoms with Crippen LogP contribution in [-0.2, 0) is 9.53 Å². The minimum absolute atomic E-state index is 0. The fourth-order valence-electron chi connectivity index (χ4n) is 0.692. The van der Waals surface area contributed by atoms with Gasteiger partial charge in [0.15, 0.2) is 0 Å². The zero-order chi connectivity index (χ0) is 6.69. The minimum atomic E-state index is -1.13. The van der Waals surface area contributed by atoms with Gasteiger partial charge in [0.1, 0.15) is 6.10 Å². The van der Waals surface area contributed by atoms with Gasteiger partial charge in [0.25, 0.3) is 0 Å². The van der Waals surface area contributed by atoms with E-state index in [1.165, 1.54) is 0 Å². The molecule has 0 saturated carbocycles. The van der Waals surface area contributed by atoms with Crippen LogP contribution in [0.4, 0.5) is 0 Å². The zero-order valence-electron chi connectivity index (χ0n) is 5.87. The summed E-state index contributed by atoms with van der Waals surface area (Å²) < 4.78 is 4.79. The summed E-state index contributed by atoms with van der Waals surface area (Å²) in [6.07, 6.45) is 3.28. The molecule has 1 heterocycles. The summed E-state index contributed by atoms with van der Waals surface area (Å²) in [4.78, 5) is 10.1. The van der Waals surface area contributed by atoms with Crippen LogP contribution in [0.1, 0.15) is 6.42 Å². The molecule has 0 fully saturated rings. The van der Waals surface area contributed by atoms with Crippen molar-refractivity contribution in [3.05, 3.63) is 12.2 Å². The van der Waals surface area contributed by atoms with Crippen LogP contribution in [0, 0.1) is 0 Å². The molecule has 1 aliphatic rings. The number of ether oxygens (including phenoxy) is 1. The summed E-state index contributed by atoms with van der Waals surface area (Å²) in [5, 5.41) is 10.1.